The molecule has 2 fully saturated rings. The molecule has 0 spiro atoms. The molecule has 2 amide bonds. The van der Waals surface area contributed by atoms with E-state index in [2.05, 4.69) is 25.8 Å². The molecule has 3 aliphatic carbocycles. The molecule has 0 radical (unpaired) electrons. The summed E-state index contributed by atoms with van der Waals surface area (Å²) in [6.07, 6.45) is 13.2. The highest BCUT2D eigenvalue weighted by Gasteiger charge is 2.37. The van der Waals surface area contributed by atoms with Crippen molar-refractivity contribution in [3.05, 3.63) is 39.8 Å². The Labute approximate surface area is 184 Å². The predicted molar refractivity (Wildman–Crippen MR) is 121 cm³/mol. The van der Waals surface area contributed by atoms with E-state index in [1.165, 1.54) is 40.5 Å². The Balaban J connectivity index is 1.34. The number of nitriles is 1. The fourth-order valence-corrected chi connectivity index (χ4v) is 7.01. The molecule has 4 atom stereocenters. The van der Waals surface area contributed by atoms with E-state index in [4.69, 9.17) is 5.26 Å². The van der Waals surface area contributed by atoms with Crippen molar-refractivity contribution >= 4 is 21.6 Å². The molecule has 4 aliphatic rings. The molecule has 164 valence electrons. The van der Waals surface area contributed by atoms with Crippen LogP contribution in [0.3, 0.4) is 0 Å². The summed E-state index contributed by atoms with van der Waals surface area (Å²) in [4.78, 5) is 12.9. The summed E-state index contributed by atoms with van der Waals surface area (Å²) in [5, 5.41) is 16.9. The third kappa shape index (κ3) is 3.97. The van der Waals surface area contributed by atoms with E-state index in [0.717, 1.165) is 57.2 Å². The molecule has 7 nitrogen and oxygen atoms in total. The van der Waals surface area contributed by atoms with Crippen molar-refractivity contribution in [2.45, 2.75) is 63.8 Å². The molecule has 5 rings (SSSR count). The van der Waals surface area contributed by atoms with Crippen LogP contribution < -0.4 is 15.4 Å². The van der Waals surface area contributed by atoms with Crippen LogP contribution in [0.5, 0.6) is 0 Å². The standard InChI is InChI=1S/C23H29N5O2S/c24-14-26-31(30,11-10-21-18-7-3-6-17(18)13-25-21)28-23(29)27-22-19-8-1-4-15(19)12-16-5-2-9-20(16)22/h10-12,17-18,21,25H,1-9,13H2,(H2,26,27,28,29,30)/b11-10+. The molecule has 0 aromatic heterocycles. The SMILES string of the molecule is N#CN=S(=O)(/C=C/C1NCC2CCCC21)NC(=O)Nc1c2c(cc3c1CCC3)CCC2. The second kappa shape index (κ2) is 8.29. The zero-order chi connectivity index (χ0) is 21.4. The van der Waals surface area contributed by atoms with Gasteiger partial charge in [-0.3, -0.25) is 0 Å². The highest BCUT2D eigenvalue weighted by Crippen LogP contribution is 2.39. The first-order valence-corrected chi connectivity index (χ1v) is 13.0. The number of carbonyl (C=O) groups excluding carboxylic acids is 1. The number of fused-ring (bicyclic) bond motifs is 3. The molecular weight excluding hydrogens is 410 g/mol. The highest BCUT2D eigenvalue weighted by atomic mass is 32.2. The maximum absolute atomic E-state index is 13.2. The summed E-state index contributed by atoms with van der Waals surface area (Å²) in [7, 11) is -3.32. The Kier molecular flexibility index (Phi) is 5.49. The van der Waals surface area contributed by atoms with Crippen molar-refractivity contribution in [2.75, 3.05) is 11.9 Å². The number of nitrogens with one attached hydrogen (secondary N) is 3. The Morgan fingerprint density at radius 3 is 2.61 bits per heavy atom. The van der Waals surface area contributed by atoms with Crippen LogP contribution in [0, 0.1) is 23.3 Å². The van der Waals surface area contributed by atoms with Gasteiger partial charge in [-0.15, -0.1) is 0 Å². The normalized spacial score (nSPS) is 27.9. The van der Waals surface area contributed by atoms with Crippen molar-refractivity contribution in [2.24, 2.45) is 16.2 Å². The Morgan fingerprint density at radius 2 is 1.90 bits per heavy atom. The smallest absolute Gasteiger partial charge is 0.310 e. The van der Waals surface area contributed by atoms with Gasteiger partial charge >= 0.3 is 6.03 Å². The van der Waals surface area contributed by atoms with E-state index in [1.54, 1.807) is 6.19 Å². The molecule has 8 heteroatoms. The number of anilines is 1. The van der Waals surface area contributed by atoms with Crippen LogP contribution in [-0.4, -0.2) is 22.8 Å². The Bertz CT molecular complexity index is 1060. The number of carbonyl (C=O) groups is 1. The Hall–Kier alpha value is -2.37. The van der Waals surface area contributed by atoms with Crippen LogP contribution in [0.2, 0.25) is 0 Å². The minimum absolute atomic E-state index is 0.118. The van der Waals surface area contributed by atoms with E-state index < -0.39 is 15.9 Å². The maximum atomic E-state index is 13.2. The van der Waals surface area contributed by atoms with Crippen LogP contribution in [-0.2, 0) is 35.6 Å². The first-order valence-electron chi connectivity index (χ1n) is 11.4. The largest absolute Gasteiger partial charge is 0.331 e. The number of urea groups is 1. The molecule has 1 heterocycles. The molecule has 1 aromatic carbocycles. The first kappa shape index (κ1) is 20.5. The van der Waals surface area contributed by atoms with Gasteiger partial charge in [-0.2, -0.15) is 5.26 Å². The summed E-state index contributed by atoms with van der Waals surface area (Å²) in [6.45, 7) is 0.967. The molecule has 1 aliphatic heterocycles. The van der Waals surface area contributed by atoms with Crippen molar-refractivity contribution in [1.29, 1.82) is 5.26 Å². The fraction of sp³-hybridized carbons (Fsp3) is 0.565. The van der Waals surface area contributed by atoms with E-state index in [9.17, 15) is 9.00 Å². The van der Waals surface area contributed by atoms with Gasteiger partial charge in [-0.25, -0.2) is 13.7 Å². The van der Waals surface area contributed by atoms with E-state index >= 15 is 0 Å². The van der Waals surface area contributed by atoms with Crippen molar-refractivity contribution < 1.29 is 9.00 Å². The first-order chi connectivity index (χ1) is 15.1. The van der Waals surface area contributed by atoms with Gasteiger partial charge in [0.25, 0.3) is 0 Å². The average Bonchev–Trinajstić information content (AvgIpc) is 3.50. The summed E-state index contributed by atoms with van der Waals surface area (Å²) < 4.78 is 19.3. The number of hydrogen-bond acceptors (Lipinski definition) is 5. The number of hydrogen-bond donors (Lipinski definition) is 3. The number of benzene rings is 1. The number of rotatable bonds is 4. The van der Waals surface area contributed by atoms with Crippen LogP contribution in [0.4, 0.5) is 10.5 Å². The number of nitrogens with zero attached hydrogens (tertiary/aromatic N) is 2. The third-order valence-corrected chi connectivity index (χ3v) is 8.75. The van der Waals surface area contributed by atoms with Gasteiger partial charge in [0.05, 0.1) is 0 Å². The lowest BCUT2D eigenvalue weighted by Crippen LogP contribution is -2.34. The molecule has 4 unspecified atom stereocenters. The lowest BCUT2D eigenvalue weighted by Gasteiger charge is -2.17. The van der Waals surface area contributed by atoms with Crippen molar-refractivity contribution in [1.82, 2.24) is 10.0 Å². The zero-order valence-electron chi connectivity index (χ0n) is 17.7. The lowest BCUT2D eigenvalue weighted by atomic mass is 9.94. The fourth-order valence-electron chi connectivity index (χ4n) is 6.02. The van der Waals surface area contributed by atoms with Crippen LogP contribution in [0.1, 0.15) is 54.4 Å². The third-order valence-electron chi connectivity index (χ3n) is 7.39. The van der Waals surface area contributed by atoms with Crippen LogP contribution in [0.25, 0.3) is 0 Å². The van der Waals surface area contributed by atoms with Gasteiger partial charge in [0, 0.05) is 17.1 Å². The predicted octanol–water partition coefficient (Wildman–Crippen LogP) is 3.55. The van der Waals surface area contributed by atoms with Gasteiger partial charge in [0.15, 0.2) is 9.92 Å². The Morgan fingerprint density at radius 1 is 1.16 bits per heavy atom. The van der Waals surface area contributed by atoms with Gasteiger partial charge in [-0.1, -0.05) is 22.9 Å². The minimum Gasteiger partial charge on any atom is -0.310 e. The summed E-state index contributed by atoms with van der Waals surface area (Å²) in [5.41, 5.74) is 5.93. The van der Waals surface area contributed by atoms with Crippen molar-refractivity contribution in [3.8, 4) is 6.19 Å². The maximum Gasteiger partial charge on any atom is 0.331 e. The molecule has 1 saturated heterocycles. The van der Waals surface area contributed by atoms with Gasteiger partial charge in [0.2, 0.25) is 6.19 Å². The number of aryl methyl sites for hydroxylation is 2. The van der Waals surface area contributed by atoms with Gasteiger partial charge < -0.3 is 10.6 Å². The second-order valence-corrected chi connectivity index (χ2v) is 11.0. The van der Waals surface area contributed by atoms with Crippen LogP contribution in [0.15, 0.2) is 21.9 Å². The highest BCUT2D eigenvalue weighted by molar-refractivity contribution is 7.95. The van der Waals surface area contributed by atoms with Gasteiger partial charge in [-0.05, 0) is 92.0 Å². The summed E-state index contributed by atoms with van der Waals surface area (Å²) >= 11 is 0. The molecule has 31 heavy (non-hydrogen) atoms. The van der Waals surface area contributed by atoms with Crippen molar-refractivity contribution in [3.63, 3.8) is 0 Å². The van der Waals surface area contributed by atoms with E-state index in [-0.39, 0.29) is 6.04 Å². The lowest BCUT2D eigenvalue weighted by molar-refractivity contribution is 0.257. The molecule has 3 N–H and O–H groups in total. The van der Waals surface area contributed by atoms with Gasteiger partial charge in [0.1, 0.15) is 0 Å². The summed E-state index contributed by atoms with van der Waals surface area (Å²) in [5.74, 6) is 1.20. The topological polar surface area (TPSA) is 106 Å². The second-order valence-electron chi connectivity index (χ2n) is 9.17. The van der Waals surface area contributed by atoms with E-state index in [1.807, 2.05) is 6.08 Å². The van der Waals surface area contributed by atoms with Crippen LogP contribution >= 0.6 is 0 Å². The molecule has 0 bridgehead atoms. The monoisotopic (exact) mass is 439 g/mol. The molecular formula is C23H29N5O2S. The quantitative estimate of drug-likeness (QED) is 0.624. The van der Waals surface area contributed by atoms with E-state index in [0.29, 0.717) is 11.8 Å². The molecule has 1 saturated carbocycles. The average molecular weight is 440 g/mol. The number of amides is 2. The minimum atomic E-state index is -3.32. The summed E-state index contributed by atoms with van der Waals surface area (Å²) in [6, 6.07) is 1.85. The zero-order valence-corrected chi connectivity index (χ0v) is 18.5. The molecule has 1 aromatic rings.